The molecule has 1 amide bonds. The van der Waals surface area contributed by atoms with E-state index >= 15 is 0 Å². The minimum Gasteiger partial charge on any atom is -0.493 e. The van der Waals surface area contributed by atoms with E-state index in [9.17, 15) is 9.90 Å². The predicted molar refractivity (Wildman–Crippen MR) is 108 cm³/mol. The number of aromatic nitrogens is 1. The number of aryl methyl sites for hydroxylation is 2. The number of hydrogen-bond donors (Lipinski definition) is 2. The molecule has 0 atom stereocenters. The predicted octanol–water partition coefficient (Wildman–Crippen LogP) is 6.14. The molecule has 2 aromatic heterocycles. The number of hydrogen-bond acceptors (Lipinski definition) is 4. The molecule has 0 saturated heterocycles. The number of benzene rings is 2. The second kappa shape index (κ2) is 6.81. The quantitative estimate of drug-likeness (QED) is 0.422. The van der Waals surface area contributed by atoms with Crippen molar-refractivity contribution in [3.63, 3.8) is 0 Å². The van der Waals surface area contributed by atoms with Gasteiger partial charge in [0, 0.05) is 10.9 Å². The van der Waals surface area contributed by atoms with Crippen LogP contribution < -0.4 is 0 Å². The van der Waals surface area contributed by atoms with Crippen LogP contribution in [0.25, 0.3) is 22.0 Å². The summed E-state index contributed by atoms with van der Waals surface area (Å²) in [4.78, 5) is 16.1. The summed E-state index contributed by atoms with van der Waals surface area (Å²) in [6.45, 7) is 3.96. The number of aromatic hydroxyl groups is 1. The van der Waals surface area contributed by atoms with Crippen LogP contribution in [0.3, 0.4) is 0 Å². The van der Waals surface area contributed by atoms with Crippen molar-refractivity contribution in [1.82, 2.24) is 4.98 Å². The Hall–Kier alpha value is -3.25. The van der Waals surface area contributed by atoms with Crippen molar-refractivity contribution in [2.24, 2.45) is 10.2 Å². The molecule has 0 fully saturated rings. The van der Waals surface area contributed by atoms with E-state index in [4.69, 9.17) is 0 Å². The third-order valence-electron chi connectivity index (χ3n) is 4.46. The van der Waals surface area contributed by atoms with Crippen LogP contribution in [-0.2, 0) is 0 Å². The summed E-state index contributed by atoms with van der Waals surface area (Å²) >= 11 is 1.33. The monoisotopic (exact) mass is 375 g/mol. The molecular weight excluding hydrogens is 358 g/mol. The number of nitrogens with zero attached hydrogens (tertiary/aromatic N) is 2. The van der Waals surface area contributed by atoms with E-state index in [-0.39, 0.29) is 11.6 Å². The Bertz CT molecular complexity index is 1170. The van der Waals surface area contributed by atoms with Gasteiger partial charge in [0.15, 0.2) is 5.69 Å². The van der Waals surface area contributed by atoms with E-state index in [0.29, 0.717) is 4.88 Å². The summed E-state index contributed by atoms with van der Waals surface area (Å²) < 4.78 is 0. The summed E-state index contributed by atoms with van der Waals surface area (Å²) in [5.74, 6) is -0.525. The number of para-hydroxylation sites is 1. The molecule has 134 valence electrons. The van der Waals surface area contributed by atoms with Crippen molar-refractivity contribution in [3.8, 4) is 17.0 Å². The number of H-pyrrole nitrogens is 1. The number of thiophene rings is 1. The summed E-state index contributed by atoms with van der Waals surface area (Å²) in [5.41, 5.74) is 5.00. The van der Waals surface area contributed by atoms with Gasteiger partial charge in [-0.2, -0.15) is 0 Å². The van der Waals surface area contributed by atoms with Crippen molar-refractivity contribution in [2.75, 3.05) is 0 Å². The largest absolute Gasteiger partial charge is 0.493 e. The highest BCUT2D eigenvalue weighted by Crippen LogP contribution is 2.37. The third kappa shape index (κ3) is 3.15. The van der Waals surface area contributed by atoms with Crippen LogP contribution in [-0.4, -0.2) is 16.0 Å². The van der Waals surface area contributed by atoms with Crippen LogP contribution in [0.15, 0.2) is 64.1 Å². The molecule has 0 aliphatic carbocycles. The molecule has 0 radical (unpaired) electrons. The fourth-order valence-electron chi connectivity index (χ4n) is 3.01. The van der Waals surface area contributed by atoms with Crippen molar-refractivity contribution < 1.29 is 9.90 Å². The first-order chi connectivity index (χ1) is 13.0. The Kier molecular flexibility index (Phi) is 4.33. The maximum absolute atomic E-state index is 12.6. The number of nitrogens with one attached hydrogen (secondary N) is 1. The van der Waals surface area contributed by atoms with Gasteiger partial charge in [-0.15, -0.1) is 21.6 Å². The van der Waals surface area contributed by atoms with Crippen LogP contribution in [0.5, 0.6) is 5.88 Å². The first kappa shape index (κ1) is 17.2. The lowest BCUT2D eigenvalue weighted by molar-refractivity contribution is 0.0999. The zero-order valence-electron chi connectivity index (χ0n) is 14.9. The fourth-order valence-corrected chi connectivity index (χ4v) is 3.81. The molecule has 0 spiro atoms. The maximum atomic E-state index is 12.6. The van der Waals surface area contributed by atoms with Crippen LogP contribution in [0.4, 0.5) is 5.69 Å². The van der Waals surface area contributed by atoms with Gasteiger partial charge in [-0.05, 0) is 36.4 Å². The molecule has 0 unspecified atom stereocenters. The van der Waals surface area contributed by atoms with Crippen LogP contribution in [0.2, 0.25) is 0 Å². The van der Waals surface area contributed by atoms with Gasteiger partial charge in [0.2, 0.25) is 5.88 Å². The lowest BCUT2D eigenvalue weighted by Crippen LogP contribution is -1.92. The summed E-state index contributed by atoms with van der Waals surface area (Å²) in [6, 6.07) is 15.5. The molecule has 5 nitrogen and oxygen atoms in total. The zero-order chi connectivity index (χ0) is 19.0. The topological polar surface area (TPSA) is 77.8 Å². The number of carbonyl (C=O) groups is 1. The van der Waals surface area contributed by atoms with Gasteiger partial charge in [0.25, 0.3) is 0 Å². The smallest absolute Gasteiger partial charge is 0.306 e. The van der Waals surface area contributed by atoms with Gasteiger partial charge in [-0.3, -0.25) is 4.79 Å². The molecule has 27 heavy (non-hydrogen) atoms. The average molecular weight is 375 g/mol. The zero-order valence-corrected chi connectivity index (χ0v) is 15.7. The Morgan fingerprint density at radius 3 is 2.63 bits per heavy atom. The van der Waals surface area contributed by atoms with Crippen molar-refractivity contribution in [3.05, 3.63) is 69.9 Å². The van der Waals surface area contributed by atoms with Crippen molar-refractivity contribution in [2.45, 2.75) is 13.8 Å². The second-order valence-electron chi connectivity index (χ2n) is 6.35. The molecular formula is C21H17N3O2S. The van der Waals surface area contributed by atoms with E-state index in [1.54, 1.807) is 0 Å². The minimum atomic E-state index is -0.429. The van der Waals surface area contributed by atoms with Gasteiger partial charge >= 0.3 is 5.91 Å². The first-order valence-electron chi connectivity index (χ1n) is 8.45. The van der Waals surface area contributed by atoms with Gasteiger partial charge in [-0.1, -0.05) is 48.0 Å². The van der Waals surface area contributed by atoms with Gasteiger partial charge in [0.05, 0.1) is 5.52 Å². The van der Waals surface area contributed by atoms with Gasteiger partial charge in [0.1, 0.15) is 4.88 Å². The van der Waals surface area contributed by atoms with Crippen molar-refractivity contribution >= 4 is 33.8 Å². The number of aromatic amines is 1. The molecule has 0 saturated carbocycles. The summed E-state index contributed by atoms with van der Waals surface area (Å²) in [5, 5.41) is 20.6. The Morgan fingerprint density at radius 1 is 1.07 bits per heavy atom. The first-order valence-corrected chi connectivity index (χ1v) is 9.33. The van der Waals surface area contributed by atoms with E-state index < -0.39 is 5.91 Å². The van der Waals surface area contributed by atoms with Crippen LogP contribution in [0, 0.1) is 13.8 Å². The number of carbonyl (C=O) groups excluding carboxylic acids is 1. The maximum Gasteiger partial charge on any atom is 0.306 e. The Morgan fingerprint density at radius 2 is 1.85 bits per heavy atom. The molecule has 4 rings (SSSR count). The molecule has 0 aliphatic heterocycles. The number of fused-ring (bicyclic) bond motifs is 1. The molecule has 0 aliphatic rings. The van der Waals surface area contributed by atoms with E-state index in [1.807, 2.05) is 67.8 Å². The highest BCUT2D eigenvalue weighted by molar-refractivity contribution is 7.12. The Labute approximate surface area is 160 Å². The van der Waals surface area contributed by atoms with E-state index in [0.717, 1.165) is 33.2 Å². The lowest BCUT2D eigenvalue weighted by Gasteiger charge is -2.01. The normalized spacial score (nSPS) is 11.5. The molecule has 6 heteroatoms. The standard InChI is InChI=1S/C21H17N3O2S/c1-12-6-8-14(9-7-12)15-10-11-27-19(15)21(26)24-23-18-16-5-3-4-13(2)17(16)22-20(18)25/h3-11,22,25H,1-2H3. The molecule has 0 bridgehead atoms. The minimum absolute atomic E-state index is 0.0965. The molecule has 2 aromatic carbocycles. The fraction of sp³-hybridized carbons (Fsp3) is 0.0952. The number of amides is 1. The summed E-state index contributed by atoms with van der Waals surface area (Å²) in [6.07, 6.45) is 0. The number of azo groups is 1. The van der Waals surface area contributed by atoms with Crippen LogP contribution in [0.1, 0.15) is 20.8 Å². The second-order valence-corrected chi connectivity index (χ2v) is 7.27. The van der Waals surface area contributed by atoms with E-state index in [2.05, 4.69) is 15.2 Å². The molecule has 4 aromatic rings. The summed E-state index contributed by atoms with van der Waals surface area (Å²) in [7, 11) is 0. The van der Waals surface area contributed by atoms with Crippen LogP contribution >= 0.6 is 11.3 Å². The number of rotatable bonds is 3. The lowest BCUT2D eigenvalue weighted by atomic mass is 10.1. The van der Waals surface area contributed by atoms with E-state index in [1.165, 1.54) is 11.3 Å². The average Bonchev–Trinajstić information content (AvgIpc) is 3.26. The highest BCUT2D eigenvalue weighted by atomic mass is 32.1. The highest BCUT2D eigenvalue weighted by Gasteiger charge is 2.16. The van der Waals surface area contributed by atoms with Gasteiger partial charge in [-0.25, -0.2) is 0 Å². The Balaban J connectivity index is 1.68. The molecule has 2 heterocycles. The SMILES string of the molecule is Cc1ccc(-c2ccsc2C(=O)N=Nc2c(O)[nH]c3c(C)cccc23)cc1. The van der Waals surface area contributed by atoms with Crippen molar-refractivity contribution in [1.29, 1.82) is 0 Å². The van der Waals surface area contributed by atoms with Gasteiger partial charge < -0.3 is 10.1 Å². The third-order valence-corrected chi connectivity index (χ3v) is 5.36. The molecule has 2 N–H and O–H groups in total.